The van der Waals surface area contributed by atoms with Gasteiger partial charge in [-0.2, -0.15) is 0 Å². The van der Waals surface area contributed by atoms with Gasteiger partial charge in [-0.1, -0.05) is 106 Å². The molecule has 1 atom stereocenters. The quantitative estimate of drug-likeness (QED) is 0.0577. The zero-order valence-corrected chi connectivity index (χ0v) is 76.5. The van der Waals surface area contributed by atoms with Crippen molar-refractivity contribution in [2.24, 2.45) is 0 Å². The van der Waals surface area contributed by atoms with E-state index in [4.69, 9.17) is 44.2 Å². The van der Waals surface area contributed by atoms with Crippen molar-refractivity contribution in [3.63, 3.8) is 0 Å². The van der Waals surface area contributed by atoms with Gasteiger partial charge in [0.25, 0.3) is 0 Å². The Labute approximate surface area is 740 Å². The van der Waals surface area contributed by atoms with Crippen LogP contribution in [0, 0.1) is 41.5 Å². The molecule has 0 aliphatic rings. The molecule has 624 valence electrons. The van der Waals surface area contributed by atoms with Gasteiger partial charge in [-0.05, 0) is 307 Å². The van der Waals surface area contributed by atoms with Crippen LogP contribution in [0.3, 0.4) is 0 Å². The van der Waals surface area contributed by atoms with Crippen molar-refractivity contribution in [3.05, 3.63) is 337 Å². The van der Waals surface area contributed by atoms with E-state index in [1.165, 1.54) is 16.0 Å². The van der Waals surface area contributed by atoms with E-state index in [0.717, 1.165) is 254 Å². The summed E-state index contributed by atoms with van der Waals surface area (Å²) in [7, 11) is 0. The second-order valence-corrected chi connectivity index (χ2v) is 36.1. The molecule has 0 aliphatic heterocycles. The third-order valence-electron chi connectivity index (χ3n) is 21.3. The molecule has 0 saturated heterocycles. The van der Waals surface area contributed by atoms with Crippen LogP contribution in [0.15, 0.2) is 312 Å². The fourth-order valence-electron chi connectivity index (χ4n) is 14.9. The molecule has 0 bridgehead atoms. The lowest BCUT2D eigenvalue weighted by Gasteiger charge is -2.23. The van der Waals surface area contributed by atoms with Crippen molar-refractivity contribution in [2.75, 3.05) is 0 Å². The second-order valence-electron chi connectivity index (χ2n) is 32.4. The Morgan fingerprint density at radius 2 is 0.713 bits per heavy atom. The molecule has 0 radical (unpaired) electrons. The van der Waals surface area contributed by atoms with Gasteiger partial charge in [0.05, 0.1) is 39.0 Å². The van der Waals surface area contributed by atoms with Gasteiger partial charge in [0.1, 0.15) is 114 Å². The van der Waals surface area contributed by atoms with E-state index in [1.54, 1.807) is 23.7 Å². The Morgan fingerprint density at radius 3 is 1.11 bits per heavy atom. The highest BCUT2D eigenvalue weighted by atomic mass is 79.9. The van der Waals surface area contributed by atoms with Gasteiger partial charge in [-0.15, -0.1) is 31.1 Å². The van der Waals surface area contributed by atoms with Crippen LogP contribution < -0.4 is 0 Å². The van der Waals surface area contributed by atoms with Crippen LogP contribution in [0.4, 0.5) is 0 Å². The molecular formula is C105H100Br3NO12S. The minimum absolute atomic E-state index is 0.545. The number of allylic oxidation sites excluding steroid dienone is 3. The van der Waals surface area contributed by atoms with Crippen LogP contribution in [0.1, 0.15) is 142 Å². The fourth-order valence-corrected chi connectivity index (χ4v) is 16.7. The zero-order valence-electron chi connectivity index (χ0n) is 70.9. The number of benzene rings is 6. The summed E-state index contributed by atoms with van der Waals surface area (Å²) in [4.78, 5) is 5.35. The minimum Gasteiger partial charge on any atom is -0.461 e. The number of rotatable bonds is 23. The normalized spacial score (nSPS) is 12.0. The van der Waals surface area contributed by atoms with Gasteiger partial charge in [0, 0.05) is 89.7 Å². The van der Waals surface area contributed by atoms with Gasteiger partial charge in [0.15, 0.2) is 0 Å². The first-order valence-corrected chi connectivity index (χ1v) is 44.2. The highest BCUT2D eigenvalue weighted by Gasteiger charge is 2.29. The van der Waals surface area contributed by atoms with Gasteiger partial charge in [0.2, 0.25) is 0 Å². The van der Waals surface area contributed by atoms with Gasteiger partial charge < -0.3 is 54.4 Å². The molecule has 122 heavy (non-hydrogen) atoms. The molecule has 12 heterocycles. The van der Waals surface area contributed by atoms with E-state index in [-0.39, 0.29) is 0 Å². The van der Waals surface area contributed by atoms with E-state index in [1.807, 2.05) is 229 Å². The second kappa shape index (κ2) is 38.1. The molecule has 2 N–H and O–H groups in total. The first kappa shape index (κ1) is 87.2. The Hall–Kier alpha value is -11.2. The predicted octanol–water partition coefficient (Wildman–Crippen LogP) is 32.5. The van der Waals surface area contributed by atoms with Crippen LogP contribution in [-0.2, 0) is 37.7 Å². The van der Waals surface area contributed by atoms with E-state index < -0.39 is 11.2 Å². The summed E-state index contributed by atoms with van der Waals surface area (Å²) in [6.45, 7) is 35.4. The molecule has 17 heteroatoms. The highest BCUT2D eigenvalue weighted by molar-refractivity contribution is 9.11. The van der Waals surface area contributed by atoms with Crippen molar-refractivity contribution in [1.82, 2.24) is 4.98 Å². The number of nitrogens with zero attached hydrogens (tertiary/aromatic N) is 1. The molecule has 1 unspecified atom stereocenters. The number of furan rings is 10. The molecule has 12 aromatic heterocycles. The molecule has 0 spiro atoms. The molecule has 18 aromatic rings. The Bertz CT molecular complexity index is 6700. The van der Waals surface area contributed by atoms with Crippen molar-refractivity contribution in [2.45, 2.75) is 158 Å². The van der Waals surface area contributed by atoms with E-state index >= 15 is 0 Å². The fraction of sp³-hybridized carbons (Fsp3) is 0.229. The molecule has 0 fully saturated rings. The van der Waals surface area contributed by atoms with E-state index in [9.17, 15) is 10.2 Å². The lowest BCUT2D eigenvalue weighted by molar-refractivity contribution is 0.0467. The van der Waals surface area contributed by atoms with Crippen LogP contribution in [0.5, 0.6) is 0 Å². The van der Waals surface area contributed by atoms with E-state index in [0.29, 0.717) is 25.7 Å². The standard InChI is InChI=1S/C24H23BrO3.C23H21NO2.C22H20O2S.C18H19BrO3.C18H17BrO2/c1-15-4-7-17(8-5-15)24(3,26)13-12-22-23(21-10-6-16(2)27-21)19-14-18(25)9-11-20(19)28-22;1-15(2)4-8-21-23(20-9-5-16(3)25-20)19-7-6-18(14-22(19)26-21)17-10-12-24-13-11-17;1-14(2)6-9-20-22(19-10-7-15(3)23-19)17-13-16(8-11-18(17)24-20)21-5-4-12-25-21;1-11-4-6-15(21-11)17-13-10-12(19)5-7-14(13)22-16(17)8-9-18(2,3)20;1-11(2)4-8-16-18(15-9-5-12(3)20-15)14-7-6-13(19)10-17(14)21-16/h4-11,14,26H,12-13H2,1-3H3;5-7,9-14H,1,4,8H2,2-3H3;4-5,7-8,10-13H,1,6,9H2,2-3H3;4-7,10,20H,8-9H2,1-3H3;5-7,9-10H,1,4,8H2,2-3H3. The molecule has 13 nitrogen and oxygen atoms in total. The van der Waals surface area contributed by atoms with Gasteiger partial charge in [-0.3, -0.25) is 4.98 Å². The number of halogens is 3. The first-order chi connectivity index (χ1) is 58.4. The van der Waals surface area contributed by atoms with Crippen molar-refractivity contribution in [3.8, 4) is 78.2 Å². The topological polar surface area (TPSA) is 185 Å². The third-order valence-corrected chi connectivity index (χ3v) is 23.7. The summed E-state index contributed by atoms with van der Waals surface area (Å²) >= 11 is 12.3. The smallest absolute Gasteiger partial charge is 0.138 e. The summed E-state index contributed by atoms with van der Waals surface area (Å²) in [6.07, 6.45) is 11.2. The minimum atomic E-state index is -0.941. The van der Waals surface area contributed by atoms with Gasteiger partial charge >= 0.3 is 0 Å². The number of hydrogen-bond donors (Lipinski definition) is 2. The average Bonchev–Trinajstić information content (AvgIpc) is 1.65. The predicted molar refractivity (Wildman–Crippen MR) is 506 cm³/mol. The van der Waals surface area contributed by atoms with Crippen molar-refractivity contribution in [1.29, 1.82) is 0 Å². The first-order valence-electron chi connectivity index (χ1n) is 40.9. The van der Waals surface area contributed by atoms with Crippen LogP contribution in [0.2, 0.25) is 0 Å². The molecule has 0 amide bonds. The molecule has 18 rings (SSSR count). The molecule has 0 aliphatic carbocycles. The van der Waals surface area contributed by atoms with E-state index in [2.05, 4.69) is 132 Å². The monoisotopic (exact) mass is 1840 g/mol. The SMILES string of the molecule is C=C(C)CCc1oc2cc(-c3ccncc3)ccc2c1-c1ccc(C)o1.C=C(C)CCc1oc2cc(Br)ccc2c1-c1ccc(C)o1.C=C(C)CCc1oc2ccc(-c3cccs3)cc2c1-c1ccc(C)o1.Cc1ccc(-c2c(CCC(C)(C)O)oc3ccc(Br)cc23)o1.Cc1ccc(C(C)(O)CCc2oc3ccc(Br)cc3c2-c2ccc(C)o2)cc1. The number of aromatic nitrogens is 1. The van der Waals surface area contributed by atoms with Gasteiger partial charge in [-0.25, -0.2) is 0 Å². The number of aryl methyl sites for hydroxylation is 11. The maximum absolute atomic E-state index is 11.0. The summed E-state index contributed by atoms with van der Waals surface area (Å²) in [5, 5.41) is 28.4. The lowest BCUT2D eigenvalue weighted by Crippen LogP contribution is -2.22. The zero-order chi connectivity index (χ0) is 86.3. The number of fused-ring (bicyclic) bond motifs is 5. The van der Waals surface area contributed by atoms with Crippen LogP contribution >= 0.6 is 59.1 Å². The highest BCUT2D eigenvalue weighted by Crippen LogP contribution is 2.46. The largest absolute Gasteiger partial charge is 0.461 e. The number of hydrogen-bond acceptors (Lipinski definition) is 14. The Kier molecular flexibility index (Phi) is 27.2. The molecular weight excluding hydrogens is 1740 g/mol. The summed E-state index contributed by atoms with van der Waals surface area (Å²) in [6, 6.07) is 66.9. The number of thiophene rings is 1. The maximum atomic E-state index is 11.0. The van der Waals surface area contributed by atoms with Crippen LogP contribution in [-0.4, -0.2) is 20.8 Å². The number of aliphatic hydroxyl groups is 2. The van der Waals surface area contributed by atoms with Crippen molar-refractivity contribution < 1.29 is 54.4 Å². The lowest BCUT2D eigenvalue weighted by atomic mass is 9.89. The molecule has 0 saturated carbocycles. The van der Waals surface area contributed by atoms with Crippen LogP contribution in [0.25, 0.3) is 133 Å². The maximum Gasteiger partial charge on any atom is 0.138 e. The molecule has 6 aromatic carbocycles. The summed E-state index contributed by atoms with van der Waals surface area (Å²) < 4.78 is 63.1. The Balaban J connectivity index is 0.000000125. The average molecular weight is 1840 g/mol. The number of pyridine rings is 1. The summed E-state index contributed by atoms with van der Waals surface area (Å²) in [5.74, 6) is 13.2. The summed E-state index contributed by atoms with van der Waals surface area (Å²) in [5.41, 5.74) is 16.7. The third kappa shape index (κ3) is 21.1. The van der Waals surface area contributed by atoms with Crippen molar-refractivity contribution >= 4 is 114 Å². The Morgan fingerprint density at radius 1 is 0.352 bits per heavy atom.